The molecule has 5 heterocycles. The molecule has 15 aromatic rings. The molecule has 0 N–H and O–H groups in total. The second kappa shape index (κ2) is 15.2. The molecule has 0 radical (unpaired) electrons. The lowest BCUT2D eigenvalue weighted by Gasteiger charge is -2.10. The van der Waals surface area contributed by atoms with Crippen LogP contribution in [-0.2, 0) is 0 Å². The summed E-state index contributed by atoms with van der Waals surface area (Å²) in [5.41, 5.74) is 16.1. The summed E-state index contributed by atoms with van der Waals surface area (Å²) in [5, 5.41) is 9.18. The van der Waals surface area contributed by atoms with Crippen molar-refractivity contribution in [1.29, 1.82) is 0 Å². The number of thiophene rings is 1. The van der Waals surface area contributed by atoms with E-state index in [9.17, 15) is 0 Å². The number of para-hydroxylation sites is 3. The van der Waals surface area contributed by atoms with Crippen LogP contribution in [0.5, 0.6) is 0 Å². The summed E-state index contributed by atoms with van der Waals surface area (Å²) in [6.45, 7) is 0. The van der Waals surface area contributed by atoms with Gasteiger partial charge < -0.3 is 13.4 Å². The van der Waals surface area contributed by atoms with E-state index in [1.807, 2.05) is 59.9 Å². The topological polar surface area (TPSA) is 57.0 Å². The van der Waals surface area contributed by atoms with E-state index in [2.05, 4.69) is 180 Å². The number of rotatable bonds is 6. The summed E-state index contributed by atoms with van der Waals surface area (Å²) >= 11 is 1.84. The first kappa shape index (κ1) is 38.9. The van der Waals surface area contributed by atoms with Gasteiger partial charge in [0.25, 0.3) is 0 Å². The van der Waals surface area contributed by atoms with Crippen LogP contribution in [0.3, 0.4) is 0 Å². The fourth-order valence-corrected chi connectivity index (χ4v) is 11.8. The fraction of sp³-hybridized carbons (Fsp3) is 0. The van der Waals surface area contributed by atoms with Gasteiger partial charge in [-0.2, -0.15) is 0 Å². The van der Waals surface area contributed by atoms with Crippen LogP contribution in [0.2, 0.25) is 0 Å². The van der Waals surface area contributed by atoms with Crippen LogP contribution in [0.4, 0.5) is 0 Å². The summed E-state index contributed by atoms with van der Waals surface area (Å²) in [6, 6.07) is 79.7. The number of nitrogens with zero attached hydrogens (tertiary/aromatic N) is 3. The molecular formula is C64H37N3O2S. The number of aromatic nitrogens is 3. The van der Waals surface area contributed by atoms with Crippen LogP contribution in [0.1, 0.15) is 0 Å². The SMILES string of the molecule is c1ccc(-c2cc(-c3ccc4c(c3)oc3ccccc34)nc(-c3cccc4oc5ccc(-c6ccc7sc8ccc(-c9ccc%10c(c9)c9ccccc9n%10-c9ccccc9)cc8c7c6)cc5c34)n2)cc1. The van der Waals surface area contributed by atoms with Gasteiger partial charge in [0.1, 0.15) is 22.3 Å². The van der Waals surface area contributed by atoms with Gasteiger partial charge in [-0.1, -0.05) is 127 Å². The standard InChI is InChI=1S/C64H37N3O2S/c1-3-12-38(13-4-1)53-37-54(43-22-27-47-46-17-8-10-20-57(46)69-60(47)36-43)66-64(65-53)48-18-11-21-59-63(48)52-35-40(24-29-58(52)68-59)42-26-31-62-51(34-42)50-33-41(25-30-61(50)70-62)39-23-28-56-49(32-39)45-16-7-9-19-55(45)67(56)44-14-5-2-6-15-44/h1-37H. The van der Waals surface area contributed by atoms with Crippen LogP contribution in [-0.4, -0.2) is 14.5 Å². The molecular weight excluding hydrogens is 875 g/mol. The number of hydrogen-bond acceptors (Lipinski definition) is 5. The minimum Gasteiger partial charge on any atom is -0.456 e. The minimum atomic E-state index is 0.628. The van der Waals surface area contributed by atoms with E-state index >= 15 is 0 Å². The molecule has 0 bridgehead atoms. The Morgan fingerprint density at radius 2 is 0.886 bits per heavy atom. The van der Waals surface area contributed by atoms with E-state index in [0.29, 0.717) is 5.82 Å². The van der Waals surface area contributed by atoms with Crippen LogP contribution in [0, 0.1) is 0 Å². The van der Waals surface area contributed by atoms with E-state index in [-0.39, 0.29) is 0 Å². The van der Waals surface area contributed by atoms with E-state index in [1.54, 1.807) is 0 Å². The first-order valence-corrected chi connectivity index (χ1v) is 24.3. The van der Waals surface area contributed by atoms with Crippen molar-refractivity contribution in [2.24, 2.45) is 0 Å². The van der Waals surface area contributed by atoms with E-state index < -0.39 is 0 Å². The summed E-state index contributed by atoms with van der Waals surface area (Å²) in [4.78, 5) is 10.6. The Morgan fingerprint density at radius 1 is 0.329 bits per heavy atom. The van der Waals surface area contributed by atoms with Crippen molar-refractivity contribution in [3.05, 3.63) is 224 Å². The zero-order chi connectivity index (χ0) is 45.9. The molecule has 0 fully saturated rings. The highest BCUT2D eigenvalue weighted by atomic mass is 32.1. The third kappa shape index (κ3) is 6.10. The predicted octanol–water partition coefficient (Wildman–Crippen LogP) is 18.1. The molecule has 0 saturated heterocycles. The normalized spacial score (nSPS) is 12.0. The van der Waals surface area contributed by atoms with Gasteiger partial charge >= 0.3 is 0 Å². The average Bonchev–Trinajstić information content (AvgIpc) is 4.19. The van der Waals surface area contributed by atoms with Crippen molar-refractivity contribution in [2.75, 3.05) is 0 Å². The Balaban J connectivity index is 0.844. The van der Waals surface area contributed by atoms with Gasteiger partial charge in [-0.25, -0.2) is 9.97 Å². The van der Waals surface area contributed by atoms with Gasteiger partial charge in [0.15, 0.2) is 5.82 Å². The molecule has 0 saturated carbocycles. The lowest BCUT2D eigenvalue weighted by atomic mass is 9.98. The second-order valence-corrected chi connectivity index (χ2v) is 19.2. The minimum absolute atomic E-state index is 0.628. The first-order chi connectivity index (χ1) is 34.6. The predicted molar refractivity (Wildman–Crippen MR) is 291 cm³/mol. The Kier molecular flexibility index (Phi) is 8.46. The van der Waals surface area contributed by atoms with Crippen molar-refractivity contribution >= 4 is 97.2 Å². The van der Waals surface area contributed by atoms with Gasteiger partial charge in [0.2, 0.25) is 0 Å². The van der Waals surface area contributed by atoms with Gasteiger partial charge in [-0.05, 0) is 119 Å². The van der Waals surface area contributed by atoms with E-state index in [0.717, 1.165) is 88.8 Å². The number of fused-ring (bicyclic) bond motifs is 12. The molecule has 0 spiro atoms. The van der Waals surface area contributed by atoms with Crippen molar-refractivity contribution in [1.82, 2.24) is 14.5 Å². The van der Waals surface area contributed by atoms with Crippen molar-refractivity contribution in [3.8, 4) is 61.8 Å². The Morgan fingerprint density at radius 3 is 1.67 bits per heavy atom. The Labute approximate surface area is 404 Å². The van der Waals surface area contributed by atoms with Crippen molar-refractivity contribution in [3.63, 3.8) is 0 Å². The zero-order valence-corrected chi connectivity index (χ0v) is 38.2. The van der Waals surface area contributed by atoms with Crippen LogP contribution in [0.25, 0.3) is 148 Å². The Hall–Kier alpha value is -9.10. The van der Waals surface area contributed by atoms with Gasteiger partial charge in [0, 0.05) is 74.9 Å². The summed E-state index contributed by atoms with van der Waals surface area (Å²) < 4.78 is 17.8. The van der Waals surface area contributed by atoms with Crippen LogP contribution in [0.15, 0.2) is 233 Å². The largest absolute Gasteiger partial charge is 0.456 e. The van der Waals surface area contributed by atoms with Gasteiger partial charge in [-0.3, -0.25) is 0 Å². The fourth-order valence-electron chi connectivity index (χ4n) is 10.7. The zero-order valence-electron chi connectivity index (χ0n) is 37.4. The molecule has 326 valence electrons. The molecule has 0 unspecified atom stereocenters. The number of hydrogen-bond donors (Lipinski definition) is 0. The highest BCUT2D eigenvalue weighted by Gasteiger charge is 2.20. The quantitative estimate of drug-likeness (QED) is 0.167. The maximum Gasteiger partial charge on any atom is 0.161 e. The summed E-state index contributed by atoms with van der Waals surface area (Å²) in [5.74, 6) is 0.628. The van der Waals surface area contributed by atoms with Crippen molar-refractivity contribution < 1.29 is 8.83 Å². The Bertz CT molecular complexity index is 4600. The molecule has 5 aromatic heterocycles. The maximum atomic E-state index is 6.59. The molecule has 6 heteroatoms. The lowest BCUT2D eigenvalue weighted by molar-refractivity contribution is 0.668. The average molecular weight is 912 g/mol. The van der Waals surface area contributed by atoms with E-state index in [4.69, 9.17) is 18.8 Å². The monoisotopic (exact) mass is 911 g/mol. The number of furan rings is 2. The molecule has 0 aliphatic rings. The summed E-state index contributed by atoms with van der Waals surface area (Å²) in [6.07, 6.45) is 0. The third-order valence-corrected chi connectivity index (χ3v) is 15.2. The van der Waals surface area contributed by atoms with E-state index in [1.165, 1.54) is 53.1 Å². The van der Waals surface area contributed by atoms with Gasteiger partial charge in [-0.15, -0.1) is 11.3 Å². The smallest absolute Gasteiger partial charge is 0.161 e. The first-order valence-electron chi connectivity index (χ1n) is 23.5. The highest BCUT2D eigenvalue weighted by molar-refractivity contribution is 7.25. The molecule has 0 atom stereocenters. The molecule has 15 rings (SSSR count). The third-order valence-electron chi connectivity index (χ3n) is 14.0. The number of benzene rings is 10. The molecule has 5 nitrogen and oxygen atoms in total. The second-order valence-electron chi connectivity index (χ2n) is 18.1. The summed E-state index contributed by atoms with van der Waals surface area (Å²) in [7, 11) is 0. The lowest BCUT2D eigenvalue weighted by Crippen LogP contribution is -1.96. The molecule has 70 heavy (non-hydrogen) atoms. The molecule has 0 amide bonds. The van der Waals surface area contributed by atoms with Crippen LogP contribution >= 0.6 is 11.3 Å². The van der Waals surface area contributed by atoms with Crippen molar-refractivity contribution in [2.45, 2.75) is 0 Å². The van der Waals surface area contributed by atoms with Crippen LogP contribution < -0.4 is 0 Å². The highest BCUT2D eigenvalue weighted by Crippen LogP contribution is 2.43. The molecule has 10 aromatic carbocycles. The maximum absolute atomic E-state index is 6.59. The molecule has 0 aliphatic carbocycles. The molecule has 0 aliphatic heterocycles. The van der Waals surface area contributed by atoms with Gasteiger partial charge in [0.05, 0.1) is 22.4 Å².